The number of pyridine rings is 1. The lowest BCUT2D eigenvalue weighted by molar-refractivity contribution is -0.130. The van der Waals surface area contributed by atoms with Gasteiger partial charge in [0, 0.05) is 53.5 Å². The van der Waals surface area contributed by atoms with Crippen molar-refractivity contribution < 1.29 is 28.2 Å². The maximum Gasteiger partial charge on any atom is 0.246 e. The molecule has 2 aliphatic heterocycles. The van der Waals surface area contributed by atoms with E-state index in [-0.39, 0.29) is 42.4 Å². The number of rotatable bonds is 7. The van der Waals surface area contributed by atoms with E-state index in [1.165, 1.54) is 17.4 Å². The molecular formula is C35H31F2N5O4S. The Labute approximate surface area is 273 Å². The molecule has 0 fully saturated rings. The van der Waals surface area contributed by atoms with Gasteiger partial charge in [-0.1, -0.05) is 18.7 Å². The van der Waals surface area contributed by atoms with Crippen LogP contribution in [0.5, 0.6) is 5.75 Å². The molecule has 47 heavy (non-hydrogen) atoms. The molecule has 5 aromatic rings. The van der Waals surface area contributed by atoms with Crippen LogP contribution in [-0.2, 0) is 29.1 Å². The number of aliphatic hydroxyl groups is 1. The number of hydrogen-bond acceptors (Lipinski definition) is 7. The minimum atomic E-state index is -0.843. The number of thiophene rings is 1. The van der Waals surface area contributed by atoms with Crippen molar-refractivity contribution >= 4 is 33.2 Å². The maximum atomic E-state index is 16.0. The van der Waals surface area contributed by atoms with Crippen LogP contribution in [0.4, 0.5) is 8.78 Å². The van der Waals surface area contributed by atoms with E-state index in [4.69, 9.17) is 14.8 Å². The summed E-state index contributed by atoms with van der Waals surface area (Å²) < 4.78 is 38.8. The van der Waals surface area contributed by atoms with Crippen LogP contribution in [0.15, 0.2) is 60.5 Å². The average Bonchev–Trinajstić information content (AvgIpc) is 3.72. The second-order valence-electron chi connectivity index (χ2n) is 11.7. The molecule has 1 N–H and O–H groups in total. The average molecular weight is 656 g/mol. The summed E-state index contributed by atoms with van der Waals surface area (Å²) in [5.74, 6) is -1.86. The summed E-state index contributed by atoms with van der Waals surface area (Å²) in [6.45, 7) is 6.38. The highest BCUT2D eigenvalue weighted by Crippen LogP contribution is 2.47. The first-order valence-electron chi connectivity index (χ1n) is 15.2. The van der Waals surface area contributed by atoms with E-state index in [1.54, 1.807) is 16.8 Å². The van der Waals surface area contributed by atoms with Crippen LogP contribution in [0.25, 0.3) is 43.9 Å². The Hall–Kier alpha value is -4.94. The molecular weight excluding hydrogens is 624 g/mol. The molecule has 12 heteroatoms. The molecule has 2 aromatic carbocycles. The molecule has 3 aromatic heterocycles. The van der Waals surface area contributed by atoms with Crippen LogP contribution >= 0.6 is 11.3 Å². The van der Waals surface area contributed by atoms with Gasteiger partial charge in [0.25, 0.3) is 0 Å². The lowest BCUT2D eigenvalue weighted by Gasteiger charge is -2.33. The summed E-state index contributed by atoms with van der Waals surface area (Å²) in [6.07, 6.45) is 1.61. The van der Waals surface area contributed by atoms with Crippen LogP contribution in [0.3, 0.4) is 0 Å². The van der Waals surface area contributed by atoms with Crippen molar-refractivity contribution in [2.45, 2.75) is 32.5 Å². The molecule has 9 nitrogen and oxygen atoms in total. The molecule has 0 aliphatic carbocycles. The van der Waals surface area contributed by atoms with E-state index < -0.39 is 11.6 Å². The second-order valence-corrected chi connectivity index (χ2v) is 12.6. The topological polar surface area (TPSA) is 101 Å². The fraction of sp³-hybridized carbons (Fsp3) is 0.257. The summed E-state index contributed by atoms with van der Waals surface area (Å²) >= 11 is 1.39. The van der Waals surface area contributed by atoms with Gasteiger partial charge in [-0.05, 0) is 47.7 Å². The molecule has 2 aliphatic rings. The van der Waals surface area contributed by atoms with Gasteiger partial charge in [-0.2, -0.15) is 5.10 Å². The molecule has 0 saturated carbocycles. The fourth-order valence-corrected chi connectivity index (χ4v) is 7.44. The number of aromatic nitrogens is 3. The Morgan fingerprint density at radius 1 is 1.13 bits per heavy atom. The minimum Gasteiger partial charge on any atom is -0.490 e. The highest BCUT2D eigenvalue weighted by Gasteiger charge is 2.31. The van der Waals surface area contributed by atoms with E-state index in [9.17, 15) is 19.1 Å². The summed E-state index contributed by atoms with van der Waals surface area (Å²) in [4.78, 5) is 33.5. The number of benzene rings is 2. The third-order valence-electron chi connectivity index (χ3n) is 8.84. The summed E-state index contributed by atoms with van der Waals surface area (Å²) in [5.41, 5.74) is 5.42. The third kappa shape index (κ3) is 5.27. The van der Waals surface area contributed by atoms with E-state index >= 15 is 4.39 Å². The molecule has 0 radical (unpaired) electrons. The number of nitrogens with zero attached hydrogens (tertiary/aromatic N) is 5. The van der Waals surface area contributed by atoms with Gasteiger partial charge in [0.1, 0.15) is 35.4 Å². The zero-order chi connectivity index (χ0) is 33.0. The number of carbonyl (C=O) groups excluding carboxylic acids is 2. The predicted molar refractivity (Wildman–Crippen MR) is 175 cm³/mol. The number of halogens is 2. The van der Waals surface area contributed by atoms with Crippen molar-refractivity contribution in [1.82, 2.24) is 24.6 Å². The number of amides is 2. The fourth-order valence-electron chi connectivity index (χ4n) is 6.50. The summed E-state index contributed by atoms with van der Waals surface area (Å²) in [7, 11) is 1.78. The standard InChI is InChI=1S/C35H31F2N5O4S/c1-4-29(44)41-8-9-42-27(19(41)2)17-26(39-42)34-32(31-25(37)15-23(36)16-28(31)46-11-10-43)35-24(7-12-47-35)33(38-34)21-6-5-20-14-30(45)40(3)18-22(20)13-21/h4-7,12-13,15-17,19,43H,1,8-11,14,18H2,2-3H3. The highest BCUT2D eigenvalue weighted by molar-refractivity contribution is 7.18. The Balaban J connectivity index is 1.49. The first-order chi connectivity index (χ1) is 22.7. The van der Waals surface area contributed by atoms with Gasteiger partial charge in [-0.15, -0.1) is 11.3 Å². The summed E-state index contributed by atoms with van der Waals surface area (Å²) in [6, 6.07) is 11.3. The number of fused-ring (bicyclic) bond motifs is 3. The van der Waals surface area contributed by atoms with Crippen LogP contribution < -0.4 is 4.74 Å². The molecule has 1 unspecified atom stereocenters. The summed E-state index contributed by atoms with van der Waals surface area (Å²) in [5, 5.41) is 17.0. The van der Waals surface area contributed by atoms with Gasteiger partial charge in [0.15, 0.2) is 0 Å². The minimum absolute atomic E-state index is 0.00871. The lowest BCUT2D eigenvalue weighted by Crippen LogP contribution is -2.40. The van der Waals surface area contributed by atoms with E-state index in [1.807, 2.05) is 47.3 Å². The lowest BCUT2D eigenvalue weighted by atomic mass is 9.93. The molecule has 1 atom stereocenters. The van der Waals surface area contributed by atoms with Gasteiger partial charge in [-0.3, -0.25) is 14.3 Å². The molecule has 0 spiro atoms. The smallest absolute Gasteiger partial charge is 0.246 e. The monoisotopic (exact) mass is 655 g/mol. The zero-order valence-electron chi connectivity index (χ0n) is 25.8. The Kier molecular flexibility index (Phi) is 7.85. The van der Waals surface area contributed by atoms with Gasteiger partial charge in [0.05, 0.1) is 42.6 Å². The van der Waals surface area contributed by atoms with Crippen LogP contribution in [-0.4, -0.2) is 68.3 Å². The first-order valence-corrected chi connectivity index (χ1v) is 16.1. The van der Waals surface area contributed by atoms with Crippen molar-refractivity contribution in [2.75, 3.05) is 26.8 Å². The van der Waals surface area contributed by atoms with Crippen molar-refractivity contribution in [3.05, 3.63) is 89.0 Å². The largest absolute Gasteiger partial charge is 0.490 e. The van der Waals surface area contributed by atoms with E-state index in [2.05, 4.69) is 6.58 Å². The van der Waals surface area contributed by atoms with Crippen molar-refractivity contribution in [2.24, 2.45) is 0 Å². The van der Waals surface area contributed by atoms with Gasteiger partial charge in [-0.25, -0.2) is 13.8 Å². The maximum absolute atomic E-state index is 16.0. The van der Waals surface area contributed by atoms with Crippen molar-refractivity contribution in [3.63, 3.8) is 0 Å². The Morgan fingerprint density at radius 3 is 2.74 bits per heavy atom. The van der Waals surface area contributed by atoms with Gasteiger partial charge < -0.3 is 19.6 Å². The Morgan fingerprint density at radius 2 is 1.96 bits per heavy atom. The third-order valence-corrected chi connectivity index (χ3v) is 9.77. The number of ether oxygens (including phenoxy) is 1. The highest BCUT2D eigenvalue weighted by atomic mass is 32.1. The van der Waals surface area contributed by atoms with E-state index in [0.717, 1.165) is 39.9 Å². The molecule has 7 rings (SSSR count). The number of likely N-dealkylation sites (N-methyl/N-ethyl adjacent to an activating group) is 1. The Bertz CT molecular complexity index is 2090. The van der Waals surface area contributed by atoms with E-state index in [0.29, 0.717) is 53.4 Å². The molecule has 0 saturated heterocycles. The van der Waals surface area contributed by atoms with Gasteiger partial charge >= 0.3 is 0 Å². The molecule has 240 valence electrons. The predicted octanol–water partition coefficient (Wildman–Crippen LogP) is 5.75. The molecule has 5 heterocycles. The number of aliphatic hydroxyl groups excluding tert-OH is 1. The molecule has 2 amide bonds. The van der Waals surface area contributed by atoms with Crippen LogP contribution in [0.2, 0.25) is 0 Å². The van der Waals surface area contributed by atoms with Crippen LogP contribution in [0.1, 0.15) is 29.8 Å². The number of hydrogen-bond donors (Lipinski definition) is 1. The van der Waals surface area contributed by atoms with Gasteiger partial charge in [0.2, 0.25) is 11.8 Å². The van der Waals surface area contributed by atoms with Crippen molar-refractivity contribution in [3.8, 4) is 39.5 Å². The van der Waals surface area contributed by atoms with Crippen LogP contribution in [0, 0.1) is 11.6 Å². The SMILES string of the molecule is C=CC(=O)N1CCn2nc(-c3nc(-c4ccc5c(c4)CN(C)C(=O)C5)c4ccsc4c3-c3c(F)cc(F)cc3OCCO)cc2C1C. The molecule has 0 bridgehead atoms. The van der Waals surface area contributed by atoms with Crippen molar-refractivity contribution in [1.29, 1.82) is 0 Å². The zero-order valence-corrected chi connectivity index (χ0v) is 26.6. The normalized spacial score (nSPS) is 15.9. The number of carbonyl (C=O) groups is 2. The first kappa shape index (κ1) is 30.7. The second kappa shape index (κ2) is 12.0. The quantitative estimate of drug-likeness (QED) is 0.224.